The first-order valence-electron chi connectivity index (χ1n) is 12.2. The Balaban J connectivity index is 1.75. The number of hydrogen-bond donors (Lipinski definition) is 0. The maximum atomic E-state index is 13.4. The second-order valence-corrected chi connectivity index (χ2v) is 10.8. The Kier molecular flexibility index (Phi) is 8.33. The van der Waals surface area contributed by atoms with E-state index in [2.05, 4.69) is 0 Å². The van der Waals surface area contributed by atoms with Crippen LogP contribution in [0.25, 0.3) is 6.08 Å². The third-order valence-corrected chi connectivity index (χ3v) is 8.09. The van der Waals surface area contributed by atoms with Gasteiger partial charge >= 0.3 is 5.97 Å². The number of carbonyl (C=O) groups is 2. The second kappa shape index (κ2) is 11.5. The molecule has 1 amide bonds. The number of pyridine rings is 1. The zero-order valence-corrected chi connectivity index (χ0v) is 23.0. The van der Waals surface area contributed by atoms with Crippen LogP contribution in [0.4, 0.5) is 10.2 Å². The molecular formula is C27H27FN4O4S2. The van der Waals surface area contributed by atoms with Gasteiger partial charge in [-0.05, 0) is 56.0 Å². The number of amides is 1. The maximum absolute atomic E-state index is 13.4. The maximum Gasteiger partial charge on any atom is 0.310 e. The van der Waals surface area contributed by atoms with E-state index in [1.165, 1.54) is 21.6 Å². The summed E-state index contributed by atoms with van der Waals surface area (Å²) in [6.45, 7) is 4.87. The molecule has 1 aromatic heterocycles. The van der Waals surface area contributed by atoms with Gasteiger partial charge < -0.3 is 9.64 Å². The quantitative estimate of drug-likeness (QED) is 0.302. The van der Waals surface area contributed by atoms with Crippen LogP contribution in [-0.4, -0.2) is 45.4 Å². The van der Waals surface area contributed by atoms with Crippen LogP contribution in [0.5, 0.6) is 0 Å². The first-order chi connectivity index (χ1) is 18.2. The predicted molar refractivity (Wildman–Crippen MR) is 148 cm³/mol. The Morgan fingerprint density at radius 1 is 1.32 bits per heavy atom. The summed E-state index contributed by atoms with van der Waals surface area (Å²) in [4.78, 5) is 42.7. The van der Waals surface area contributed by atoms with E-state index in [9.17, 15) is 24.0 Å². The lowest BCUT2D eigenvalue weighted by atomic mass is 9.96. The van der Waals surface area contributed by atoms with Crippen LogP contribution < -0.4 is 10.5 Å². The molecule has 1 unspecified atom stereocenters. The van der Waals surface area contributed by atoms with Crippen molar-refractivity contribution in [3.05, 3.63) is 67.6 Å². The largest absolute Gasteiger partial charge is 0.466 e. The molecule has 2 aromatic rings. The van der Waals surface area contributed by atoms with Crippen LogP contribution in [0.3, 0.4) is 0 Å². The molecule has 8 nitrogen and oxygen atoms in total. The van der Waals surface area contributed by atoms with E-state index in [4.69, 9.17) is 17.0 Å². The van der Waals surface area contributed by atoms with Gasteiger partial charge in [0.2, 0.25) is 0 Å². The highest BCUT2D eigenvalue weighted by Gasteiger charge is 2.34. The molecule has 0 N–H and O–H groups in total. The molecule has 2 aliphatic heterocycles. The molecule has 198 valence electrons. The number of carbonyl (C=O) groups excluding carboxylic acids is 2. The molecule has 4 rings (SSSR count). The zero-order chi connectivity index (χ0) is 27.6. The average molecular weight is 555 g/mol. The van der Waals surface area contributed by atoms with Gasteiger partial charge in [0.05, 0.1) is 24.0 Å². The average Bonchev–Trinajstić information content (AvgIpc) is 3.16. The molecule has 1 atom stereocenters. The Hall–Kier alpha value is -3.49. The number of esters is 1. The summed E-state index contributed by atoms with van der Waals surface area (Å²) in [5.41, 5.74) is 1.28. The molecule has 2 fully saturated rings. The number of benzene rings is 1. The highest BCUT2D eigenvalue weighted by atomic mass is 32.2. The highest BCUT2D eigenvalue weighted by molar-refractivity contribution is 8.26. The number of rotatable bonds is 6. The van der Waals surface area contributed by atoms with E-state index in [-0.39, 0.29) is 42.3 Å². The van der Waals surface area contributed by atoms with E-state index >= 15 is 0 Å². The molecule has 0 bridgehead atoms. The zero-order valence-electron chi connectivity index (χ0n) is 21.3. The lowest BCUT2D eigenvalue weighted by molar-refractivity contribution is -0.148. The molecule has 38 heavy (non-hydrogen) atoms. The van der Waals surface area contributed by atoms with Crippen molar-refractivity contribution in [3.63, 3.8) is 0 Å². The van der Waals surface area contributed by atoms with Crippen molar-refractivity contribution in [1.29, 1.82) is 5.26 Å². The van der Waals surface area contributed by atoms with Gasteiger partial charge in [0.1, 0.15) is 27.6 Å². The first kappa shape index (κ1) is 27.5. The minimum absolute atomic E-state index is 0.0109. The Bertz CT molecular complexity index is 1430. The summed E-state index contributed by atoms with van der Waals surface area (Å²) >= 11 is 6.61. The number of halogens is 1. The lowest BCUT2D eigenvalue weighted by Gasteiger charge is -2.35. The number of nitriles is 1. The number of anilines is 1. The molecule has 1 aromatic carbocycles. The molecule has 3 heterocycles. The standard InChI is InChI=1S/C27H27FN4O4S2/c1-4-36-26(35)18-6-5-11-31(15-18)23-20(16(2)21(13-29)24(33)30(23)3)12-22-25(34)32(27(37)38-22)14-17-7-9-19(28)10-8-17/h7-10,12,18H,4-6,11,14-15H2,1-3H3/b22-12+. The third kappa shape index (κ3) is 5.37. The van der Waals surface area contributed by atoms with Crippen LogP contribution in [0.2, 0.25) is 0 Å². The fourth-order valence-corrected chi connectivity index (χ4v) is 5.99. The molecule has 11 heteroatoms. The van der Waals surface area contributed by atoms with Crippen molar-refractivity contribution in [2.45, 2.75) is 33.2 Å². The van der Waals surface area contributed by atoms with Crippen LogP contribution in [0.1, 0.15) is 42.0 Å². The summed E-state index contributed by atoms with van der Waals surface area (Å²) in [5, 5.41) is 9.72. The fraction of sp³-hybridized carbons (Fsp3) is 0.370. The van der Waals surface area contributed by atoms with Crippen LogP contribution in [-0.2, 0) is 27.9 Å². The summed E-state index contributed by atoms with van der Waals surface area (Å²) in [6.07, 6.45) is 3.06. The number of thioether (sulfide) groups is 1. The van der Waals surface area contributed by atoms with Gasteiger partial charge in [-0.15, -0.1) is 0 Å². The van der Waals surface area contributed by atoms with Gasteiger partial charge in [-0.2, -0.15) is 5.26 Å². The number of ether oxygens (including phenoxy) is 1. The second-order valence-electron chi connectivity index (χ2n) is 9.14. The normalized spacial score (nSPS) is 18.7. The van der Waals surface area contributed by atoms with Gasteiger partial charge in [-0.25, -0.2) is 4.39 Å². The number of piperidine rings is 1. The van der Waals surface area contributed by atoms with Crippen LogP contribution >= 0.6 is 24.0 Å². The molecule has 0 aliphatic carbocycles. The van der Waals surface area contributed by atoms with Gasteiger partial charge in [0.25, 0.3) is 11.5 Å². The number of hydrogen-bond acceptors (Lipinski definition) is 8. The predicted octanol–water partition coefficient (Wildman–Crippen LogP) is 3.89. The Morgan fingerprint density at radius 3 is 2.68 bits per heavy atom. The van der Waals surface area contributed by atoms with E-state index in [1.54, 1.807) is 39.1 Å². The number of aromatic nitrogens is 1. The van der Waals surface area contributed by atoms with Crippen LogP contribution in [0.15, 0.2) is 34.0 Å². The molecule has 2 aliphatic rings. The number of nitrogens with zero attached hydrogens (tertiary/aromatic N) is 4. The lowest BCUT2D eigenvalue weighted by Crippen LogP contribution is -2.42. The van der Waals surface area contributed by atoms with Gasteiger partial charge in [0.15, 0.2) is 0 Å². The van der Waals surface area contributed by atoms with Crippen molar-refractivity contribution >= 4 is 52.1 Å². The fourth-order valence-electron chi connectivity index (χ4n) is 4.76. The summed E-state index contributed by atoms with van der Waals surface area (Å²) in [7, 11) is 1.59. The Morgan fingerprint density at radius 2 is 2.03 bits per heavy atom. The molecule has 0 spiro atoms. The topological polar surface area (TPSA) is 95.6 Å². The first-order valence-corrected chi connectivity index (χ1v) is 13.4. The van der Waals surface area contributed by atoms with Crippen molar-refractivity contribution in [1.82, 2.24) is 9.47 Å². The minimum Gasteiger partial charge on any atom is -0.466 e. The number of thiocarbonyl (C=S) groups is 1. The van der Waals surface area contributed by atoms with Crippen molar-refractivity contribution < 1.29 is 18.7 Å². The highest BCUT2D eigenvalue weighted by Crippen LogP contribution is 2.37. The van der Waals surface area contributed by atoms with Gasteiger partial charge in [-0.1, -0.05) is 36.1 Å². The smallest absolute Gasteiger partial charge is 0.310 e. The minimum atomic E-state index is -0.445. The summed E-state index contributed by atoms with van der Waals surface area (Å²) in [6, 6.07) is 7.85. The van der Waals surface area contributed by atoms with E-state index in [1.807, 2.05) is 11.0 Å². The van der Waals surface area contributed by atoms with Crippen LogP contribution in [0, 0.1) is 30.0 Å². The molecule has 0 saturated carbocycles. The summed E-state index contributed by atoms with van der Waals surface area (Å²) < 4.78 is 20.3. The SMILES string of the molecule is CCOC(=O)C1CCCN(c2c(/C=C3/SC(=S)N(Cc4ccc(F)cc4)C3=O)c(C)c(C#N)c(=O)n2C)C1. The third-order valence-electron chi connectivity index (χ3n) is 6.71. The molecule has 0 radical (unpaired) electrons. The van der Waals surface area contributed by atoms with Gasteiger partial charge in [0, 0.05) is 25.7 Å². The monoisotopic (exact) mass is 554 g/mol. The summed E-state index contributed by atoms with van der Waals surface area (Å²) in [5.74, 6) is -0.783. The van der Waals surface area contributed by atoms with Crippen molar-refractivity contribution in [2.75, 3.05) is 24.6 Å². The van der Waals surface area contributed by atoms with E-state index < -0.39 is 5.56 Å². The van der Waals surface area contributed by atoms with E-state index in [0.717, 1.165) is 23.7 Å². The molecular weight excluding hydrogens is 527 g/mol. The Labute approximate surface area is 229 Å². The van der Waals surface area contributed by atoms with E-state index in [0.29, 0.717) is 45.7 Å². The molecule has 2 saturated heterocycles. The van der Waals surface area contributed by atoms with Crippen molar-refractivity contribution in [3.8, 4) is 6.07 Å². The van der Waals surface area contributed by atoms with Gasteiger partial charge in [-0.3, -0.25) is 23.9 Å². The van der Waals surface area contributed by atoms with Crippen molar-refractivity contribution in [2.24, 2.45) is 13.0 Å².